The summed E-state index contributed by atoms with van der Waals surface area (Å²) in [7, 11) is 0. The Kier molecular flexibility index (Phi) is 4.81. The standard InChI is InChI=1S/C25H24N4O/c1-18-8-13-23-22(16-18)24(30)29(21-6-3-2-4-7-21)25(27-23)26-20-11-9-19(10-12-20)17-28-14-5-15-28/h2-4,6-13,16H,5,14-15,17H2,1H3,(H,26,27). The number of anilines is 2. The van der Waals surface area contributed by atoms with E-state index in [4.69, 9.17) is 4.98 Å². The summed E-state index contributed by atoms with van der Waals surface area (Å²) in [6.45, 7) is 5.34. The minimum absolute atomic E-state index is 0.0770. The maximum absolute atomic E-state index is 13.4. The fraction of sp³-hybridized carbons (Fsp3) is 0.200. The predicted molar refractivity (Wildman–Crippen MR) is 122 cm³/mol. The van der Waals surface area contributed by atoms with Crippen molar-refractivity contribution in [2.24, 2.45) is 0 Å². The van der Waals surface area contributed by atoms with Crippen LogP contribution in [0, 0.1) is 6.92 Å². The van der Waals surface area contributed by atoms with Gasteiger partial charge in [-0.3, -0.25) is 9.69 Å². The molecule has 2 heterocycles. The summed E-state index contributed by atoms with van der Waals surface area (Å²) in [5, 5.41) is 3.99. The Morgan fingerprint density at radius 3 is 2.43 bits per heavy atom. The number of rotatable bonds is 5. The molecule has 0 aliphatic carbocycles. The number of nitrogens with one attached hydrogen (secondary N) is 1. The molecule has 0 unspecified atom stereocenters. The van der Waals surface area contributed by atoms with Crippen LogP contribution in [-0.2, 0) is 6.54 Å². The van der Waals surface area contributed by atoms with Crippen LogP contribution in [-0.4, -0.2) is 27.5 Å². The summed E-state index contributed by atoms with van der Waals surface area (Å²) < 4.78 is 1.65. The number of nitrogens with zero attached hydrogens (tertiary/aromatic N) is 3. The Bertz CT molecular complexity index is 1240. The number of fused-ring (bicyclic) bond motifs is 1. The Hall–Kier alpha value is -3.44. The van der Waals surface area contributed by atoms with Gasteiger partial charge in [-0.2, -0.15) is 0 Å². The van der Waals surface area contributed by atoms with Gasteiger partial charge in [-0.05, 0) is 68.4 Å². The zero-order chi connectivity index (χ0) is 20.5. The molecule has 0 amide bonds. The van der Waals surface area contributed by atoms with E-state index in [1.54, 1.807) is 4.57 Å². The topological polar surface area (TPSA) is 50.2 Å². The molecule has 0 atom stereocenters. The van der Waals surface area contributed by atoms with E-state index in [2.05, 4.69) is 34.5 Å². The van der Waals surface area contributed by atoms with Crippen molar-refractivity contribution in [1.29, 1.82) is 0 Å². The Morgan fingerprint density at radius 2 is 1.73 bits per heavy atom. The van der Waals surface area contributed by atoms with Crippen LogP contribution in [0.2, 0.25) is 0 Å². The first-order valence-corrected chi connectivity index (χ1v) is 10.3. The normalized spacial score (nSPS) is 13.9. The maximum Gasteiger partial charge on any atom is 0.267 e. The average molecular weight is 396 g/mol. The Labute approximate surface area is 175 Å². The van der Waals surface area contributed by atoms with Crippen LogP contribution in [0.5, 0.6) is 0 Å². The second-order valence-corrected chi connectivity index (χ2v) is 7.88. The molecule has 4 aromatic rings. The van der Waals surface area contributed by atoms with E-state index in [0.717, 1.165) is 23.5 Å². The molecular formula is C25H24N4O. The van der Waals surface area contributed by atoms with Gasteiger partial charge in [0.1, 0.15) is 0 Å². The second-order valence-electron chi connectivity index (χ2n) is 7.88. The molecule has 150 valence electrons. The van der Waals surface area contributed by atoms with Crippen LogP contribution >= 0.6 is 0 Å². The summed E-state index contributed by atoms with van der Waals surface area (Å²) in [5.74, 6) is 0.512. The molecule has 0 radical (unpaired) electrons. The highest BCUT2D eigenvalue weighted by Crippen LogP contribution is 2.22. The van der Waals surface area contributed by atoms with E-state index >= 15 is 0 Å². The van der Waals surface area contributed by atoms with Crippen molar-refractivity contribution in [2.45, 2.75) is 19.9 Å². The number of benzene rings is 3. The quantitative estimate of drug-likeness (QED) is 0.534. The van der Waals surface area contributed by atoms with E-state index in [9.17, 15) is 4.79 Å². The molecule has 30 heavy (non-hydrogen) atoms. The number of aromatic nitrogens is 2. The third-order valence-corrected chi connectivity index (χ3v) is 5.60. The monoisotopic (exact) mass is 396 g/mol. The first-order valence-electron chi connectivity index (χ1n) is 10.3. The molecule has 1 saturated heterocycles. The molecule has 1 aliphatic rings. The van der Waals surface area contributed by atoms with Gasteiger partial charge in [-0.15, -0.1) is 0 Å². The summed E-state index contributed by atoms with van der Waals surface area (Å²) in [6, 6.07) is 23.8. The largest absolute Gasteiger partial charge is 0.325 e. The van der Waals surface area contributed by atoms with E-state index in [1.165, 1.54) is 25.1 Å². The molecule has 3 aromatic carbocycles. The number of para-hydroxylation sites is 1. The zero-order valence-corrected chi connectivity index (χ0v) is 17.0. The van der Waals surface area contributed by atoms with Gasteiger partial charge in [0, 0.05) is 12.2 Å². The summed E-state index contributed by atoms with van der Waals surface area (Å²) in [4.78, 5) is 20.6. The lowest BCUT2D eigenvalue weighted by atomic mass is 10.1. The second kappa shape index (κ2) is 7.76. The number of aryl methyl sites for hydroxylation is 1. The summed E-state index contributed by atoms with van der Waals surface area (Å²) >= 11 is 0. The van der Waals surface area contributed by atoms with Crippen molar-refractivity contribution in [3.05, 3.63) is 94.3 Å². The highest BCUT2D eigenvalue weighted by molar-refractivity contribution is 5.80. The molecule has 0 spiro atoms. The average Bonchev–Trinajstić information content (AvgIpc) is 2.73. The van der Waals surface area contributed by atoms with Crippen LogP contribution < -0.4 is 10.9 Å². The first kappa shape index (κ1) is 18.6. The van der Waals surface area contributed by atoms with Crippen LogP contribution in [0.3, 0.4) is 0 Å². The lowest BCUT2D eigenvalue weighted by Crippen LogP contribution is -2.36. The van der Waals surface area contributed by atoms with Crippen LogP contribution in [0.1, 0.15) is 17.5 Å². The molecule has 0 bridgehead atoms. The molecular weight excluding hydrogens is 372 g/mol. The van der Waals surface area contributed by atoms with E-state index < -0.39 is 0 Å². The lowest BCUT2D eigenvalue weighted by Gasteiger charge is -2.30. The van der Waals surface area contributed by atoms with Gasteiger partial charge < -0.3 is 5.32 Å². The molecule has 5 rings (SSSR count). The molecule has 0 saturated carbocycles. The third-order valence-electron chi connectivity index (χ3n) is 5.60. The zero-order valence-electron chi connectivity index (χ0n) is 17.0. The van der Waals surface area contributed by atoms with Crippen molar-refractivity contribution in [2.75, 3.05) is 18.4 Å². The Morgan fingerprint density at radius 1 is 0.967 bits per heavy atom. The van der Waals surface area contributed by atoms with Crippen molar-refractivity contribution < 1.29 is 0 Å². The third kappa shape index (κ3) is 3.60. The van der Waals surface area contributed by atoms with Crippen LogP contribution in [0.4, 0.5) is 11.6 Å². The van der Waals surface area contributed by atoms with E-state index in [1.807, 2.05) is 55.5 Å². The van der Waals surface area contributed by atoms with Gasteiger partial charge in [0.2, 0.25) is 5.95 Å². The van der Waals surface area contributed by atoms with Gasteiger partial charge in [0.15, 0.2) is 0 Å². The maximum atomic E-state index is 13.4. The molecule has 1 fully saturated rings. The number of hydrogen-bond donors (Lipinski definition) is 1. The van der Waals surface area contributed by atoms with Crippen LogP contribution in [0.25, 0.3) is 16.6 Å². The van der Waals surface area contributed by atoms with Crippen molar-refractivity contribution >= 4 is 22.5 Å². The smallest absolute Gasteiger partial charge is 0.267 e. The first-order chi connectivity index (χ1) is 14.7. The number of hydrogen-bond acceptors (Lipinski definition) is 4. The SMILES string of the molecule is Cc1ccc2nc(Nc3ccc(CN4CCC4)cc3)n(-c3ccccc3)c(=O)c2c1. The fourth-order valence-electron chi connectivity index (χ4n) is 3.82. The van der Waals surface area contributed by atoms with Gasteiger partial charge in [0.25, 0.3) is 5.56 Å². The molecule has 1 N–H and O–H groups in total. The highest BCUT2D eigenvalue weighted by atomic mass is 16.1. The van der Waals surface area contributed by atoms with Crippen molar-refractivity contribution in [3.63, 3.8) is 0 Å². The minimum atomic E-state index is -0.0770. The van der Waals surface area contributed by atoms with Crippen LogP contribution in [0.15, 0.2) is 77.6 Å². The van der Waals surface area contributed by atoms with Gasteiger partial charge in [0.05, 0.1) is 16.6 Å². The predicted octanol–water partition coefficient (Wildman–Crippen LogP) is 4.64. The fourth-order valence-corrected chi connectivity index (χ4v) is 3.82. The van der Waals surface area contributed by atoms with Gasteiger partial charge in [-0.25, -0.2) is 9.55 Å². The summed E-state index contributed by atoms with van der Waals surface area (Å²) in [6.07, 6.45) is 1.30. The Balaban J connectivity index is 1.55. The highest BCUT2D eigenvalue weighted by Gasteiger charge is 2.15. The summed E-state index contributed by atoms with van der Waals surface area (Å²) in [5.41, 5.74) is 4.64. The minimum Gasteiger partial charge on any atom is -0.325 e. The lowest BCUT2D eigenvalue weighted by molar-refractivity contribution is 0.172. The van der Waals surface area contributed by atoms with Gasteiger partial charge >= 0.3 is 0 Å². The molecule has 1 aromatic heterocycles. The van der Waals surface area contributed by atoms with Crippen molar-refractivity contribution in [1.82, 2.24) is 14.5 Å². The van der Waals surface area contributed by atoms with Crippen molar-refractivity contribution in [3.8, 4) is 5.69 Å². The van der Waals surface area contributed by atoms with Gasteiger partial charge in [-0.1, -0.05) is 42.0 Å². The van der Waals surface area contributed by atoms with E-state index in [-0.39, 0.29) is 5.56 Å². The number of likely N-dealkylation sites (tertiary alicyclic amines) is 1. The molecule has 5 nitrogen and oxygen atoms in total. The molecule has 5 heteroatoms. The molecule has 1 aliphatic heterocycles. The van der Waals surface area contributed by atoms with E-state index in [0.29, 0.717) is 16.9 Å².